The smallest absolute Gasteiger partial charge is 0.329 e. The van der Waals surface area contributed by atoms with Crippen molar-refractivity contribution in [3.63, 3.8) is 0 Å². The van der Waals surface area contributed by atoms with Crippen molar-refractivity contribution in [3.05, 3.63) is 60.2 Å². The number of aliphatic imine (C=N–C) groups is 1. The molecule has 0 aliphatic rings. The lowest BCUT2D eigenvalue weighted by molar-refractivity contribution is -0.138. The minimum Gasteiger partial charge on any atom is -0.480 e. The molecule has 25 heavy (non-hydrogen) atoms. The van der Waals surface area contributed by atoms with E-state index in [1.807, 2.05) is 30.3 Å². The van der Waals surface area contributed by atoms with E-state index in [4.69, 9.17) is 0 Å². The lowest BCUT2D eigenvalue weighted by Gasteiger charge is -2.14. The molecule has 0 fully saturated rings. The Morgan fingerprint density at radius 1 is 0.960 bits per heavy atom. The first-order valence-corrected chi connectivity index (χ1v) is 7.64. The summed E-state index contributed by atoms with van der Waals surface area (Å²) in [5.41, 5.74) is 0.868. The van der Waals surface area contributed by atoms with E-state index < -0.39 is 12.0 Å². The van der Waals surface area contributed by atoms with Crippen LogP contribution in [-0.2, 0) is 16.0 Å². The van der Waals surface area contributed by atoms with Gasteiger partial charge in [0.25, 0.3) is 0 Å². The highest BCUT2D eigenvalue weighted by atomic mass is 16.4. The van der Waals surface area contributed by atoms with Gasteiger partial charge in [0.05, 0.1) is 0 Å². The molecule has 0 saturated carbocycles. The number of nitrogens with zero attached hydrogens (tertiary/aromatic N) is 1. The summed E-state index contributed by atoms with van der Waals surface area (Å²) >= 11 is 0. The molecule has 0 bridgehead atoms. The second-order valence-corrected chi connectivity index (χ2v) is 5.86. The Labute approximate surface area is 142 Å². The molecule has 0 aliphatic heterocycles. The first-order chi connectivity index (χ1) is 11.7. The van der Waals surface area contributed by atoms with Gasteiger partial charge >= 0.3 is 5.97 Å². The molecular formula is C20H15NO4. The Balaban J connectivity index is 0.00000182. The van der Waals surface area contributed by atoms with Gasteiger partial charge in [0.15, 0.2) is 6.04 Å². The van der Waals surface area contributed by atoms with E-state index in [0.29, 0.717) is 0 Å². The average Bonchev–Trinajstić information content (AvgIpc) is 2.60. The number of carbonyl (C=O) groups excluding carboxylic acids is 1. The zero-order chi connectivity index (χ0) is 16.7. The standard InChI is InChI=1S/C20H13NO3.H2O/c22-11-21-17(20(23)24)10-15-7-6-14-5-4-12-2-1-3-13-8-9-16(15)19(14)18(12)13;/h1-9,17H,10H2,(H,23,24);1H2. The molecule has 1 atom stereocenters. The third kappa shape index (κ3) is 2.62. The Morgan fingerprint density at radius 2 is 1.56 bits per heavy atom. The molecule has 0 aromatic heterocycles. The van der Waals surface area contributed by atoms with Crippen molar-refractivity contribution in [2.45, 2.75) is 12.5 Å². The van der Waals surface area contributed by atoms with Crippen molar-refractivity contribution in [2.75, 3.05) is 0 Å². The van der Waals surface area contributed by atoms with Crippen LogP contribution in [0.2, 0.25) is 0 Å². The lowest BCUT2D eigenvalue weighted by atomic mass is 9.90. The van der Waals surface area contributed by atoms with Gasteiger partial charge in [-0.15, -0.1) is 0 Å². The number of rotatable bonds is 4. The second-order valence-electron chi connectivity index (χ2n) is 5.86. The minimum absolute atomic E-state index is 0. The normalized spacial score (nSPS) is 12.0. The van der Waals surface area contributed by atoms with E-state index in [2.05, 4.69) is 29.3 Å². The highest BCUT2D eigenvalue weighted by molar-refractivity contribution is 6.23. The van der Waals surface area contributed by atoms with Crippen LogP contribution in [0.1, 0.15) is 5.56 Å². The number of carboxylic acids is 1. The van der Waals surface area contributed by atoms with Gasteiger partial charge in [0.1, 0.15) is 0 Å². The molecule has 5 heteroatoms. The predicted molar refractivity (Wildman–Crippen MR) is 97.0 cm³/mol. The Morgan fingerprint density at radius 3 is 2.20 bits per heavy atom. The number of isocyanates is 1. The van der Waals surface area contributed by atoms with Crippen LogP contribution in [0.25, 0.3) is 32.3 Å². The predicted octanol–water partition coefficient (Wildman–Crippen LogP) is 3.09. The monoisotopic (exact) mass is 333 g/mol. The van der Waals surface area contributed by atoms with Gasteiger partial charge in [0.2, 0.25) is 6.08 Å². The van der Waals surface area contributed by atoms with Gasteiger partial charge in [0, 0.05) is 6.42 Å². The Kier molecular flexibility index (Phi) is 4.19. The molecule has 0 amide bonds. The maximum Gasteiger partial charge on any atom is 0.329 e. The molecule has 0 saturated heterocycles. The SMILES string of the molecule is O.O=C=NC(Cc1ccc2ccc3cccc4ccc1c2c34)C(=O)O. The van der Waals surface area contributed by atoms with E-state index in [1.165, 1.54) is 11.5 Å². The molecule has 1 unspecified atom stereocenters. The van der Waals surface area contributed by atoms with Crippen molar-refractivity contribution in [2.24, 2.45) is 4.99 Å². The second kappa shape index (κ2) is 6.32. The van der Waals surface area contributed by atoms with E-state index in [-0.39, 0.29) is 11.9 Å². The summed E-state index contributed by atoms with van der Waals surface area (Å²) in [6, 6.07) is 17.2. The summed E-state index contributed by atoms with van der Waals surface area (Å²) in [5, 5.41) is 16.0. The number of carbonyl (C=O) groups is 1. The molecule has 0 radical (unpaired) electrons. The Hall–Kier alpha value is -3.27. The highest BCUT2D eigenvalue weighted by Gasteiger charge is 2.19. The van der Waals surface area contributed by atoms with Crippen LogP contribution in [0.4, 0.5) is 0 Å². The number of benzene rings is 4. The fraction of sp³-hybridized carbons (Fsp3) is 0.100. The number of hydrogen-bond donors (Lipinski definition) is 1. The van der Waals surface area contributed by atoms with Gasteiger partial charge in [-0.25, -0.2) is 9.59 Å². The molecule has 0 spiro atoms. The molecule has 4 aromatic carbocycles. The molecular weight excluding hydrogens is 318 g/mol. The average molecular weight is 333 g/mol. The molecule has 4 rings (SSSR count). The van der Waals surface area contributed by atoms with Crippen molar-refractivity contribution >= 4 is 44.4 Å². The molecule has 3 N–H and O–H groups in total. The quantitative estimate of drug-likeness (QED) is 0.353. The third-order valence-corrected chi connectivity index (χ3v) is 4.53. The van der Waals surface area contributed by atoms with Crippen molar-refractivity contribution in [1.82, 2.24) is 0 Å². The fourth-order valence-electron chi connectivity index (χ4n) is 3.43. The first-order valence-electron chi connectivity index (χ1n) is 7.64. The van der Waals surface area contributed by atoms with Crippen LogP contribution < -0.4 is 0 Å². The molecule has 5 nitrogen and oxygen atoms in total. The summed E-state index contributed by atoms with van der Waals surface area (Å²) in [7, 11) is 0. The van der Waals surface area contributed by atoms with Crippen molar-refractivity contribution in [1.29, 1.82) is 0 Å². The van der Waals surface area contributed by atoms with E-state index in [9.17, 15) is 14.7 Å². The fourth-order valence-corrected chi connectivity index (χ4v) is 3.43. The Bertz CT molecular complexity index is 1110. The summed E-state index contributed by atoms with van der Waals surface area (Å²) < 4.78 is 0. The number of aliphatic carboxylic acids is 1. The number of carboxylic acid groups (broad SMARTS) is 1. The zero-order valence-electron chi connectivity index (χ0n) is 13.2. The highest BCUT2D eigenvalue weighted by Crippen LogP contribution is 2.36. The third-order valence-electron chi connectivity index (χ3n) is 4.53. The van der Waals surface area contributed by atoms with Gasteiger partial charge in [-0.3, -0.25) is 0 Å². The van der Waals surface area contributed by atoms with Crippen LogP contribution in [0.5, 0.6) is 0 Å². The van der Waals surface area contributed by atoms with E-state index in [1.54, 1.807) is 0 Å². The molecule has 4 aromatic rings. The van der Waals surface area contributed by atoms with Crippen LogP contribution in [0.15, 0.2) is 59.6 Å². The van der Waals surface area contributed by atoms with Gasteiger partial charge in [-0.1, -0.05) is 54.6 Å². The first kappa shape index (κ1) is 16.6. The van der Waals surface area contributed by atoms with Gasteiger partial charge in [-0.05, 0) is 37.9 Å². The summed E-state index contributed by atoms with van der Waals surface area (Å²) in [5.74, 6) is -1.12. The van der Waals surface area contributed by atoms with Crippen LogP contribution >= 0.6 is 0 Å². The maximum absolute atomic E-state index is 11.3. The largest absolute Gasteiger partial charge is 0.480 e. The van der Waals surface area contributed by atoms with Gasteiger partial charge in [-0.2, -0.15) is 4.99 Å². The lowest BCUT2D eigenvalue weighted by Crippen LogP contribution is -2.20. The van der Waals surface area contributed by atoms with Crippen LogP contribution in [0, 0.1) is 0 Å². The van der Waals surface area contributed by atoms with E-state index >= 15 is 0 Å². The topological polar surface area (TPSA) is 98.2 Å². The van der Waals surface area contributed by atoms with Crippen molar-refractivity contribution in [3.8, 4) is 0 Å². The van der Waals surface area contributed by atoms with Gasteiger partial charge < -0.3 is 10.6 Å². The van der Waals surface area contributed by atoms with E-state index in [0.717, 1.165) is 32.5 Å². The van der Waals surface area contributed by atoms with Crippen molar-refractivity contribution < 1.29 is 20.2 Å². The molecule has 0 aliphatic carbocycles. The summed E-state index contributed by atoms with van der Waals surface area (Å²) in [6.07, 6.45) is 1.53. The van der Waals surface area contributed by atoms with Crippen LogP contribution in [0.3, 0.4) is 0 Å². The number of hydrogen-bond acceptors (Lipinski definition) is 3. The zero-order valence-corrected chi connectivity index (χ0v) is 13.2. The molecule has 124 valence electrons. The minimum atomic E-state index is -1.12. The summed E-state index contributed by atoms with van der Waals surface area (Å²) in [4.78, 5) is 25.2. The summed E-state index contributed by atoms with van der Waals surface area (Å²) in [6.45, 7) is 0. The maximum atomic E-state index is 11.3. The van der Waals surface area contributed by atoms with Crippen LogP contribution in [-0.4, -0.2) is 28.7 Å². The molecule has 0 heterocycles.